The van der Waals surface area contributed by atoms with E-state index in [1.807, 2.05) is 0 Å². The Balaban J connectivity index is 1.79. The van der Waals surface area contributed by atoms with Crippen LogP contribution in [0.1, 0.15) is 44.6 Å². The summed E-state index contributed by atoms with van der Waals surface area (Å²) in [7, 11) is 0. The van der Waals surface area contributed by atoms with Gasteiger partial charge in [-0.1, -0.05) is 19.8 Å². The Kier molecular flexibility index (Phi) is 5.77. The Bertz CT molecular complexity index is 498. The largest absolute Gasteiger partial charge is 0.326 e. The van der Waals surface area contributed by atoms with Gasteiger partial charge in [0.25, 0.3) is 0 Å². The van der Waals surface area contributed by atoms with Crippen molar-refractivity contribution in [3.8, 4) is 6.07 Å². The van der Waals surface area contributed by atoms with Crippen molar-refractivity contribution in [2.75, 3.05) is 18.4 Å². The van der Waals surface area contributed by atoms with Gasteiger partial charge in [0.1, 0.15) is 0 Å². The molecule has 1 aliphatic rings. The summed E-state index contributed by atoms with van der Waals surface area (Å²) in [5, 5.41) is 11.6. The average Bonchev–Trinajstić information content (AvgIpc) is 3.03. The molecule has 1 amide bonds. The van der Waals surface area contributed by atoms with Crippen LogP contribution in [0.4, 0.5) is 5.69 Å². The number of nitrogens with one attached hydrogen (secondary N) is 1. The smallest absolute Gasteiger partial charge is 0.225 e. The predicted octanol–water partition coefficient (Wildman–Crippen LogP) is 3.15. The zero-order valence-corrected chi connectivity index (χ0v) is 12.6. The van der Waals surface area contributed by atoms with Gasteiger partial charge in [-0.25, -0.2) is 0 Å². The Morgan fingerprint density at radius 1 is 1.33 bits per heavy atom. The van der Waals surface area contributed by atoms with Gasteiger partial charge in [0.2, 0.25) is 5.91 Å². The van der Waals surface area contributed by atoms with Crippen LogP contribution in [0.2, 0.25) is 0 Å². The van der Waals surface area contributed by atoms with Crippen LogP contribution in [0.15, 0.2) is 24.3 Å². The van der Waals surface area contributed by atoms with E-state index < -0.39 is 0 Å². The monoisotopic (exact) mass is 285 g/mol. The number of carbonyl (C=O) groups excluding carboxylic acids is 1. The maximum absolute atomic E-state index is 12.0. The first-order valence-corrected chi connectivity index (χ1v) is 7.77. The Hall–Kier alpha value is -1.86. The van der Waals surface area contributed by atoms with E-state index in [1.165, 1.54) is 25.7 Å². The molecule has 1 fully saturated rings. The summed E-state index contributed by atoms with van der Waals surface area (Å²) in [5.74, 6) is 0.0381. The van der Waals surface area contributed by atoms with Gasteiger partial charge in [-0.3, -0.25) is 4.79 Å². The van der Waals surface area contributed by atoms with E-state index in [9.17, 15) is 4.79 Å². The molecule has 0 heterocycles. The summed E-state index contributed by atoms with van der Waals surface area (Å²) >= 11 is 0. The van der Waals surface area contributed by atoms with Crippen LogP contribution in [0.25, 0.3) is 0 Å². The fraction of sp³-hybridized carbons (Fsp3) is 0.529. The number of carbonyl (C=O) groups is 1. The van der Waals surface area contributed by atoms with E-state index in [0.29, 0.717) is 18.0 Å². The standard InChI is InChI=1S/C17H23N3O/c1-2-20(16-5-3-4-6-16)12-11-17(21)19-15-9-7-14(13-18)8-10-15/h7-10,16H,2-6,11-12H2,1H3,(H,19,21). The fourth-order valence-electron chi connectivity index (χ4n) is 2.97. The summed E-state index contributed by atoms with van der Waals surface area (Å²) in [4.78, 5) is 14.4. The first-order chi connectivity index (χ1) is 10.2. The Labute approximate surface area is 126 Å². The number of anilines is 1. The molecular weight excluding hydrogens is 262 g/mol. The number of nitrogens with zero attached hydrogens (tertiary/aromatic N) is 2. The highest BCUT2D eigenvalue weighted by Gasteiger charge is 2.21. The van der Waals surface area contributed by atoms with E-state index in [2.05, 4.69) is 23.2 Å². The number of hydrogen-bond donors (Lipinski definition) is 1. The molecule has 1 saturated carbocycles. The first-order valence-electron chi connectivity index (χ1n) is 7.77. The molecule has 0 unspecified atom stereocenters. The van der Waals surface area contributed by atoms with Crippen molar-refractivity contribution in [2.24, 2.45) is 0 Å². The summed E-state index contributed by atoms with van der Waals surface area (Å²) in [5.41, 5.74) is 1.36. The lowest BCUT2D eigenvalue weighted by molar-refractivity contribution is -0.116. The molecule has 1 aliphatic carbocycles. The second-order valence-corrected chi connectivity index (χ2v) is 5.55. The summed E-state index contributed by atoms with van der Waals surface area (Å²) < 4.78 is 0. The number of rotatable bonds is 6. The highest BCUT2D eigenvalue weighted by atomic mass is 16.1. The molecule has 112 valence electrons. The zero-order valence-electron chi connectivity index (χ0n) is 12.6. The van der Waals surface area contributed by atoms with Gasteiger partial charge < -0.3 is 10.2 Å². The average molecular weight is 285 g/mol. The van der Waals surface area contributed by atoms with Crippen LogP contribution in [0.5, 0.6) is 0 Å². The number of nitriles is 1. The van der Waals surface area contributed by atoms with Crippen molar-refractivity contribution < 1.29 is 4.79 Å². The third kappa shape index (κ3) is 4.57. The molecule has 1 aromatic carbocycles. The fourth-order valence-corrected chi connectivity index (χ4v) is 2.97. The molecule has 2 rings (SSSR count). The van der Waals surface area contributed by atoms with Crippen LogP contribution >= 0.6 is 0 Å². The van der Waals surface area contributed by atoms with E-state index in [4.69, 9.17) is 5.26 Å². The van der Waals surface area contributed by atoms with Crippen molar-refractivity contribution in [1.29, 1.82) is 5.26 Å². The second kappa shape index (κ2) is 7.80. The Morgan fingerprint density at radius 2 is 2.00 bits per heavy atom. The van der Waals surface area contributed by atoms with E-state index in [-0.39, 0.29) is 5.91 Å². The molecule has 1 aromatic rings. The molecule has 21 heavy (non-hydrogen) atoms. The van der Waals surface area contributed by atoms with Crippen LogP contribution in [0.3, 0.4) is 0 Å². The highest BCUT2D eigenvalue weighted by molar-refractivity contribution is 5.90. The first kappa shape index (κ1) is 15.5. The maximum atomic E-state index is 12.0. The van der Waals surface area contributed by atoms with Gasteiger partial charge >= 0.3 is 0 Å². The van der Waals surface area contributed by atoms with Crippen molar-refractivity contribution in [3.63, 3.8) is 0 Å². The third-order valence-electron chi connectivity index (χ3n) is 4.17. The molecule has 1 N–H and O–H groups in total. The minimum Gasteiger partial charge on any atom is -0.326 e. The van der Waals surface area contributed by atoms with E-state index in [0.717, 1.165) is 18.8 Å². The van der Waals surface area contributed by atoms with Crippen LogP contribution in [-0.2, 0) is 4.79 Å². The summed E-state index contributed by atoms with van der Waals surface area (Å²) in [6.45, 7) is 3.99. The van der Waals surface area contributed by atoms with Gasteiger partial charge in [-0.15, -0.1) is 0 Å². The minimum atomic E-state index is 0.0381. The molecule has 0 radical (unpaired) electrons. The van der Waals surface area contributed by atoms with E-state index >= 15 is 0 Å². The summed E-state index contributed by atoms with van der Waals surface area (Å²) in [6, 6.07) is 9.70. The lowest BCUT2D eigenvalue weighted by atomic mass is 10.2. The Morgan fingerprint density at radius 3 is 2.57 bits per heavy atom. The molecule has 0 bridgehead atoms. The highest BCUT2D eigenvalue weighted by Crippen LogP contribution is 2.23. The topological polar surface area (TPSA) is 56.1 Å². The van der Waals surface area contributed by atoms with Gasteiger partial charge in [0, 0.05) is 24.7 Å². The molecule has 0 spiro atoms. The third-order valence-corrected chi connectivity index (χ3v) is 4.17. The molecular formula is C17H23N3O. The number of hydrogen-bond acceptors (Lipinski definition) is 3. The predicted molar refractivity (Wildman–Crippen MR) is 83.9 cm³/mol. The molecule has 0 atom stereocenters. The lowest BCUT2D eigenvalue weighted by Crippen LogP contribution is -2.35. The quantitative estimate of drug-likeness (QED) is 0.873. The lowest BCUT2D eigenvalue weighted by Gasteiger charge is -2.27. The minimum absolute atomic E-state index is 0.0381. The van der Waals surface area contributed by atoms with Crippen molar-refractivity contribution >= 4 is 11.6 Å². The zero-order chi connectivity index (χ0) is 15.1. The van der Waals surface area contributed by atoms with Gasteiger partial charge in [-0.05, 0) is 43.7 Å². The van der Waals surface area contributed by atoms with Gasteiger partial charge in [0.15, 0.2) is 0 Å². The van der Waals surface area contributed by atoms with Gasteiger partial charge in [0.05, 0.1) is 11.6 Å². The van der Waals surface area contributed by atoms with Gasteiger partial charge in [-0.2, -0.15) is 5.26 Å². The molecule has 4 heteroatoms. The van der Waals surface area contributed by atoms with Crippen LogP contribution in [0, 0.1) is 11.3 Å². The molecule has 4 nitrogen and oxygen atoms in total. The number of benzene rings is 1. The van der Waals surface area contributed by atoms with Crippen molar-refractivity contribution in [2.45, 2.75) is 45.1 Å². The summed E-state index contributed by atoms with van der Waals surface area (Å²) in [6.07, 6.45) is 5.69. The molecule has 0 aliphatic heterocycles. The maximum Gasteiger partial charge on any atom is 0.225 e. The second-order valence-electron chi connectivity index (χ2n) is 5.55. The van der Waals surface area contributed by atoms with Crippen LogP contribution in [-0.4, -0.2) is 29.9 Å². The van der Waals surface area contributed by atoms with Crippen LogP contribution < -0.4 is 5.32 Å². The van der Waals surface area contributed by atoms with Crippen molar-refractivity contribution in [3.05, 3.63) is 29.8 Å². The molecule has 0 saturated heterocycles. The number of amides is 1. The SMILES string of the molecule is CCN(CCC(=O)Nc1ccc(C#N)cc1)C1CCCC1. The van der Waals surface area contributed by atoms with Crippen molar-refractivity contribution in [1.82, 2.24) is 4.90 Å². The molecule has 0 aromatic heterocycles. The van der Waals surface area contributed by atoms with E-state index in [1.54, 1.807) is 24.3 Å². The normalized spacial score (nSPS) is 15.1.